The summed E-state index contributed by atoms with van der Waals surface area (Å²) in [4.78, 5) is 26.1. The molecule has 0 aromatic carbocycles. The molecule has 0 radical (unpaired) electrons. The maximum absolute atomic E-state index is 11.9. The van der Waals surface area contributed by atoms with Gasteiger partial charge in [-0.15, -0.1) is 0 Å². The second-order valence-corrected chi connectivity index (χ2v) is 6.09. The Hall–Kier alpha value is -1.82. The lowest BCUT2D eigenvalue weighted by atomic mass is 10.0. The van der Waals surface area contributed by atoms with Crippen molar-refractivity contribution in [1.82, 2.24) is 15.5 Å². The Kier molecular flexibility index (Phi) is 4.77. The van der Waals surface area contributed by atoms with Gasteiger partial charge in [0.1, 0.15) is 0 Å². The number of hydrogen-bond acceptors (Lipinski definition) is 4. The summed E-state index contributed by atoms with van der Waals surface area (Å²) in [5.74, 6) is -0.00647. The van der Waals surface area contributed by atoms with Gasteiger partial charge in [-0.2, -0.15) is 0 Å². The van der Waals surface area contributed by atoms with Gasteiger partial charge in [0.15, 0.2) is 5.76 Å². The van der Waals surface area contributed by atoms with Crippen molar-refractivity contribution in [2.75, 3.05) is 19.6 Å². The van der Waals surface area contributed by atoms with Gasteiger partial charge in [-0.3, -0.25) is 9.59 Å². The first kappa shape index (κ1) is 15.1. The molecule has 6 nitrogen and oxygen atoms in total. The molecule has 1 saturated carbocycles. The molecule has 6 heteroatoms. The molecule has 3 rings (SSSR count). The molecule has 2 N–H and O–H groups in total. The van der Waals surface area contributed by atoms with E-state index in [2.05, 4.69) is 15.5 Å². The second-order valence-electron chi connectivity index (χ2n) is 6.09. The Labute approximate surface area is 130 Å². The number of likely N-dealkylation sites (tertiary alicyclic amines) is 1. The Morgan fingerprint density at radius 3 is 2.64 bits per heavy atom. The van der Waals surface area contributed by atoms with Crippen LogP contribution in [0.15, 0.2) is 22.8 Å². The highest BCUT2D eigenvalue weighted by Crippen LogP contribution is 2.29. The zero-order valence-electron chi connectivity index (χ0n) is 12.7. The van der Waals surface area contributed by atoms with E-state index in [0.717, 1.165) is 32.0 Å². The van der Waals surface area contributed by atoms with Crippen LogP contribution in [0.1, 0.15) is 42.7 Å². The topological polar surface area (TPSA) is 74.6 Å². The van der Waals surface area contributed by atoms with Crippen LogP contribution in [0.25, 0.3) is 0 Å². The minimum atomic E-state index is -0.282. The quantitative estimate of drug-likeness (QED) is 0.826. The minimum Gasteiger partial charge on any atom is -0.459 e. The fourth-order valence-corrected chi connectivity index (χ4v) is 2.93. The van der Waals surface area contributed by atoms with Gasteiger partial charge in [0.2, 0.25) is 5.91 Å². The van der Waals surface area contributed by atoms with Crippen molar-refractivity contribution >= 4 is 11.8 Å². The third-order valence-electron chi connectivity index (χ3n) is 4.34. The SMILES string of the molecule is O=C(CCNC(=O)c1ccco1)NC1CCN(C2CC2)CC1. The van der Waals surface area contributed by atoms with Crippen LogP contribution >= 0.6 is 0 Å². The number of carbonyl (C=O) groups is 2. The average molecular weight is 305 g/mol. The standard InChI is InChI=1S/C16H23N3O3/c20-15(5-8-17-16(21)14-2-1-11-22-14)18-12-6-9-19(10-7-12)13-3-4-13/h1-2,11-13H,3-10H2,(H,17,21)(H,18,20). The van der Waals surface area contributed by atoms with Gasteiger partial charge in [0.25, 0.3) is 5.91 Å². The largest absolute Gasteiger partial charge is 0.459 e. The first-order valence-electron chi connectivity index (χ1n) is 8.07. The predicted molar refractivity (Wildman–Crippen MR) is 81.4 cm³/mol. The lowest BCUT2D eigenvalue weighted by molar-refractivity contribution is -0.122. The van der Waals surface area contributed by atoms with Gasteiger partial charge < -0.3 is 20.0 Å². The molecule has 22 heavy (non-hydrogen) atoms. The zero-order chi connectivity index (χ0) is 15.4. The third kappa shape index (κ3) is 4.10. The Bertz CT molecular complexity index is 503. The van der Waals surface area contributed by atoms with Crippen molar-refractivity contribution in [2.45, 2.75) is 44.2 Å². The fraction of sp³-hybridized carbons (Fsp3) is 0.625. The van der Waals surface area contributed by atoms with Crippen LogP contribution in [0, 0.1) is 0 Å². The minimum absolute atomic E-state index is 0.00427. The molecular weight excluding hydrogens is 282 g/mol. The summed E-state index contributed by atoms with van der Waals surface area (Å²) in [6.07, 6.45) is 6.49. The van der Waals surface area contributed by atoms with Crippen molar-refractivity contribution in [3.8, 4) is 0 Å². The van der Waals surface area contributed by atoms with Gasteiger partial charge in [-0.05, 0) is 37.8 Å². The molecule has 1 aromatic heterocycles. The highest BCUT2D eigenvalue weighted by molar-refractivity contribution is 5.91. The Morgan fingerprint density at radius 2 is 2.00 bits per heavy atom. The van der Waals surface area contributed by atoms with E-state index < -0.39 is 0 Å². The molecule has 1 aromatic rings. The molecule has 1 aliphatic heterocycles. The van der Waals surface area contributed by atoms with Crippen molar-refractivity contribution in [3.63, 3.8) is 0 Å². The lowest BCUT2D eigenvalue weighted by Crippen LogP contribution is -2.45. The highest BCUT2D eigenvalue weighted by atomic mass is 16.3. The molecule has 2 fully saturated rings. The van der Waals surface area contributed by atoms with Crippen LogP contribution in [0.3, 0.4) is 0 Å². The van der Waals surface area contributed by atoms with Crippen LogP contribution in [-0.2, 0) is 4.79 Å². The van der Waals surface area contributed by atoms with Crippen molar-refractivity contribution in [1.29, 1.82) is 0 Å². The number of hydrogen-bond donors (Lipinski definition) is 2. The van der Waals surface area contributed by atoms with E-state index in [0.29, 0.717) is 13.0 Å². The van der Waals surface area contributed by atoms with Crippen LogP contribution in [0.5, 0.6) is 0 Å². The molecule has 2 heterocycles. The van der Waals surface area contributed by atoms with Crippen molar-refractivity contribution < 1.29 is 14.0 Å². The maximum Gasteiger partial charge on any atom is 0.286 e. The fourth-order valence-electron chi connectivity index (χ4n) is 2.93. The van der Waals surface area contributed by atoms with Crippen LogP contribution in [0.4, 0.5) is 0 Å². The van der Waals surface area contributed by atoms with Crippen molar-refractivity contribution in [2.24, 2.45) is 0 Å². The van der Waals surface area contributed by atoms with E-state index in [1.54, 1.807) is 12.1 Å². The molecule has 120 valence electrons. The molecule has 2 aliphatic rings. The van der Waals surface area contributed by atoms with Gasteiger partial charge in [0.05, 0.1) is 6.26 Å². The summed E-state index contributed by atoms with van der Waals surface area (Å²) >= 11 is 0. The number of amides is 2. The Balaban J connectivity index is 1.30. The maximum atomic E-state index is 11.9. The van der Waals surface area contributed by atoms with E-state index in [1.807, 2.05) is 0 Å². The number of nitrogens with zero attached hydrogens (tertiary/aromatic N) is 1. The molecule has 0 bridgehead atoms. The normalized spacial score (nSPS) is 19.8. The monoisotopic (exact) mass is 305 g/mol. The van der Waals surface area contributed by atoms with Gasteiger partial charge in [0, 0.05) is 38.1 Å². The number of furan rings is 1. The van der Waals surface area contributed by atoms with E-state index in [1.165, 1.54) is 19.1 Å². The predicted octanol–water partition coefficient (Wildman–Crippen LogP) is 1.14. The molecule has 0 spiro atoms. The second kappa shape index (κ2) is 6.96. The average Bonchev–Trinajstić information content (AvgIpc) is 3.22. The van der Waals surface area contributed by atoms with E-state index >= 15 is 0 Å². The van der Waals surface area contributed by atoms with E-state index in [-0.39, 0.29) is 23.6 Å². The molecule has 0 atom stereocenters. The van der Waals surface area contributed by atoms with Gasteiger partial charge in [-0.25, -0.2) is 0 Å². The summed E-state index contributed by atoms with van der Waals surface area (Å²) in [7, 11) is 0. The van der Waals surface area contributed by atoms with Gasteiger partial charge in [-0.1, -0.05) is 0 Å². The zero-order valence-corrected chi connectivity index (χ0v) is 12.7. The molecule has 0 unspecified atom stereocenters. The highest BCUT2D eigenvalue weighted by Gasteiger charge is 2.31. The van der Waals surface area contributed by atoms with Gasteiger partial charge >= 0.3 is 0 Å². The summed E-state index contributed by atoms with van der Waals surface area (Å²) in [5, 5.41) is 5.75. The summed E-state index contributed by atoms with van der Waals surface area (Å²) in [6.45, 7) is 2.50. The third-order valence-corrected chi connectivity index (χ3v) is 4.34. The summed E-state index contributed by atoms with van der Waals surface area (Å²) in [6, 6.07) is 4.36. The van der Waals surface area contributed by atoms with Crippen LogP contribution < -0.4 is 10.6 Å². The summed E-state index contributed by atoms with van der Waals surface area (Å²) < 4.78 is 4.99. The molecular formula is C16H23N3O3. The smallest absolute Gasteiger partial charge is 0.286 e. The first-order chi connectivity index (χ1) is 10.7. The number of carbonyl (C=O) groups excluding carboxylic acids is 2. The number of rotatable bonds is 6. The number of piperidine rings is 1. The first-order valence-corrected chi connectivity index (χ1v) is 8.07. The van der Waals surface area contributed by atoms with Crippen LogP contribution in [-0.4, -0.2) is 48.4 Å². The number of nitrogens with one attached hydrogen (secondary N) is 2. The molecule has 1 aliphatic carbocycles. The Morgan fingerprint density at radius 1 is 1.23 bits per heavy atom. The van der Waals surface area contributed by atoms with Crippen LogP contribution in [0.2, 0.25) is 0 Å². The van der Waals surface area contributed by atoms with Crippen molar-refractivity contribution in [3.05, 3.63) is 24.2 Å². The van der Waals surface area contributed by atoms with E-state index in [4.69, 9.17) is 4.42 Å². The van der Waals surface area contributed by atoms with E-state index in [9.17, 15) is 9.59 Å². The lowest BCUT2D eigenvalue weighted by Gasteiger charge is -2.32. The molecule has 2 amide bonds. The molecule has 1 saturated heterocycles. The summed E-state index contributed by atoms with van der Waals surface area (Å²) in [5.41, 5.74) is 0.